The third-order valence-electron chi connectivity index (χ3n) is 3.29. The zero-order chi connectivity index (χ0) is 14.6. The first kappa shape index (κ1) is 14.9. The SMILES string of the molecule is CC(C)(C)C(=O)Oc1ccc(OCC2CCNC2)cc1. The van der Waals surface area contributed by atoms with E-state index in [4.69, 9.17) is 9.47 Å². The molecular formula is C16H23NO3. The Kier molecular flexibility index (Phi) is 4.65. The topological polar surface area (TPSA) is 47.6 Å². The summed E-state index contributed by atoms with van der Waals surface area (Å²) in [4.78, 5) is 11.8. The zero-order valence-corrected chi connectivity index (χ0v) is 12.4. The smallest absolute Gasteiger partial charge is 0.316 e. The van der Waals surface area contributed by atoms with Gasteiger partial charge in [-0.25, -0.2) is 0 Å². The second kappa shape index (κ2) is 6.27. The lowest BCUT2D eigenvalue weighted by molar-refractivity contribution is -0.143. The third kappa shape index (κ3) is 4.23. The Morgan fingerprint density at radius 3 is 2.45 bits per heavy atom. The van der Waals surface area contributed by atoms with Gasteiger partial charge in [-0.2, -0.15) is 0 Å². The van der Waals surface area contributed by atoms with E-state index < -0.39 is 5.41 Å². The molecule has 20 heavy (non-hydrogen) atoms. The van der Waals surface area contributed by atoms with Crippen LogP contribution in [-0.2, 0) is 4.79 Å². The largest absolute Gasteiger partial charge is 0.493 e. The number of carbonyl (C=O) groups is 1. The van der Waals surface area contributed by atoms with E-state index in [2.05, 4.69) is 5.32 Å². The first-order chi connectivity index (χ1) is 9.45. The maximum absolute atomic E-state index is 11.8. The van der Waals surface area contributed by atoms with Crippen molar-refractivity contribution in [3.05, 3.63) is 24.3 Å². The zero-order valence-electron chi connectivity index (χ0n) is 12.4. The van der Waals surface area contributed by atoms with E-state index >= 15 is 0 Å². The lowest BCUT2D eigenvalue weighted by Crippen LogP contribution is -2.25. The van der Waals surface area contributed by atoms with Crippen molar-refractivity contribution in [3.63, 3.8) is 0 Å². The minimum atomic E-state index is -0.495. The molecular weight excluding hydrogens is 254 g/mol. The average molecular weight is 277 g/mol. The van der Waals surface area contributed by atoms with Gasteiger partial charge in [-0.15, -0.1) is 0 Å². The Morgan fingerprint density at radius 1 is 1.25 bits per heavy atom. The lowest BCUT2D eigenvalue weighted by atomic mass is 9.97. The van der Waals surface area contributed by atoms with Crippen LogP contribution in [-0.4, -0.2) is 25.7 Å². The van der Waals surface area contributed by atoms with Crippen molar-refractivity contribution in [1.82, 2.24) is 5.32 Å². The molecule has 1 atom stereocenters. The summed E-state index contributed by atoms with van der Waals surface area (Å²) in [7, 11) is 0. The molecule has 0 aliphatic carbocycles. The van der Waals surface area contributed by atoms with Crippen molar-refractivity contribution in [1.29, 1.82) is 0 Å². The molecule has 1 unspecified atom stereocenters. The highest BCUT2D eigenvalue weighted by Crippen LogP contribution is 2.22. The van der Waals surface area contributed by atoms with Gasteiger partial charge in [-0.1, -0.05) is 0 Å². The molecule has 0 radical (unpaired) electrons. The first-order valence-electron chi connectivity index (χ1n) is 7.11. The molecule has 1 saturated heterocycles. The Bertz CT molecular complexity index is 442. The molecule has 1 N–H and O–H groups in total. The molecule has 1 aliphatic rings. The second-order valence-electron chi connectivity index (χ2n) is 6.28. The van der Waals surface area contributed by atoms with E-state index in [-0.39, 0.29) is 5.97 Å². The van der Waals surface area contributed by atoms with Crippen LogP contribution in [0.5, 0.6) is 11.5 Å². The molecule has 110 valence electrons. The summed E-state index contributed by atoms with van der Waals surface area (Å²) in [6.07, 6.45) is 1.17. The average Bonchev–Trinajstić information content (AvgIpc) is 2.90. The Labute approximate surface area is 120 Å². The van der Waals surface area contributed by atoms with Crippen molar-refractivity contribution in [2.45, 2.75) is 27.2 Å². The van der Waals surface area contributed by atoms with Crippen LogP contribution in [0.3, 0.4) is 0 Å². The number of hydrogen-bond donors (Lipinski definition) is 1. The van der Waals surface area contributed by atoms with Crippen molar-refractivity contribution >= 4 is 5.97 Å². The molecule has 0 saturated carbocycles. The highest BCUT2D eigenvalue weighted by molar-refractivity contribution is 5.77. The number of nitrogens with one attached hydrogen (secondary N) is 1. The number of carbonyl (C=O) groups excluding carboxylic acids is 1. The van der Waals surface area contributed by atoms with E-state index in [1.165, 1.54) is 6.42 Å². The number of benzene rings is 1. The maximum atomic E-state index is 11.8. The summed E-state index contributed by atoms with van der Waals surface area (Å²) in [6.45, 7) is 8.35. The Morgan fingerprint density at radius 2 is 1.90 bits per heavy atom. The molecule has 0 amide bonds. The maximum Gasteiger partial charge on any atom is 0.316 e. The van der Waals surface area contributed by atoms with E-state index in [0.717, 1.165) is 25.4 Å². The van der Waals surface area contributed by atoms with Gasteiger partial charge < -0.3 is 14.8 Å². The van der Waals surface area contributed by atoms with E-state index in [9.17, 15) is 4.79 Å². The highest BCUT2D eigenvalue weighted by Gasteiger charge is 2.23. The number of ether oxygens (including phenoxy) is 2. The molecule has 2 rings (SSSR count). The fourth-order valence-electron chi connectivity index (χ4n) is 1.93. The molecule has 0 bridgehead atoms. The van der Waals surface area contributed by atoms with Crippen LogP contribution in [0.15, 0.2) is 24.3 Å². The molecule has 1 aromatic carbocycles. The highest BCUT2D eigenvalue weighted by atomic mass is 16.5. The number of hydrogen-bond acceptors (Lipinski definition) is 4. The van der Waals surface area contributed by atoms with E-state index in [1.54, 1.807) is 12.1 Å². The quantitative estimate of drug-likeness (QED) is 0.679. The predicted molar refractivity (Wildman–Crippen MR) is 78.0 cm³/mol. The minimum Gasteiger partial charge on any atom is -0.493 e. The van der Waals surface area contributed by atoms with Crippen molar-refractivity contribution < 1.29 is 14.3 Å². The van der Waals surface area contributed by atoms with Crippen LogP contribution in [0.25, 0.3) is 0 Å². The summed E-state index contributed by atoms with van der Waals surface area (Å²) in [5.74, 6) is 1.73. The normalized spacial score (nSPS) is 18.9. The summed E-state index contributed by atoms with van der Waals surface area (Å²) in [5.41, 5.74) is -0.495. The number of rotatable bonds is 4. The molecule has 4 nitrogen and oxygen atoms in total. The van der Waals surface area contributed by atoms with Crippen LogP contribution in [0.1, 0.15) is 27.2 Å². The molecule has 0 spiro atoms. The summed E-state index contributed by atoms with van der Waals surface area (Å²) in [5, 5.41) is 3.32. The fraction of sp³-hybridized carbons (Fsp3) is 0.562. The van der Waals surface area contributed by atoms with Crippen LogP contribution in [0.4, 0.5) is 0 Å². The van der Waals surface area contributed by atoms with Crippen molar-refractivity contribution in [2.24, 2.45) is 11.3 Å². The predicted octanol–water partition coefficient (Wildman–Crippen LogP) is 2.63. The molecule has 0 aromatic heterocycles. The molecule has 4 heteroatoms. The standard InChI is InChI=1S/C16H23NO3/c1-16(2,3)15(18)20-14-6-4-13(5-7-14)19-11-12-8-9-17-10-12/h4-7,12,17H,8-11H2,1-3H3. The molecule has 1 heterocycles. The van der Waals surface area contributed by atoms with Gasteiger partial charge in [0.2, 0.25) is 0 Å². The van der Waals surface area contributed by atoms with E-state index in [1.807, 2.05) is 32.9 Å². The van der Waals surface area contributed by atoms with Crippen LogP contribution < -0.4 is 14.8 Å². The lowest BCUT2D eigenvalue weighted by Gasteiger charge is -2.16. The van der Waals surface area contributed by atoms with Crippen LogP contribution in [0.2, 0.25) is 0 Å². The van der Waals surface area contributed by atoms with Gasteiger partial charge in [0, 0.05) is 12.5 Å². The second-order valence-corrected chi connectivity index (χ2v) is 6.28. The summed E-state index contributed by atoms with van der Waals surface area (Å²) < 4.78 is 11.0. The van der Waals surface area contributed by atoms with Gasteiger partial charge in [0.15, 0.2) is 0 Å². The fourth-order valence-corrected chi connectivity index (χ4v) is 1.93. The summed E-state index contributed by atoms with van der Waals surface area (Å²) in [6, 6.07) is 7.22. The van der Waals surface area contributed by atoms with Gasteiger partial charge in [-0.3, -0.25) is 4.79 Å². The molecule has 1 aliphatic heterocycles. The first-order valence-corrected chi connectivity index (χ1v) is 7.11. The molecule has 1 aromatic rings. The van der Waals surface area contributed by atoms with Crippen LogP contribution >= 0.6 is 0 Å². The Hall–Kier alpha value is -1.55. The third-order valence-corrected chi connectivity index (χ3v) is 3.29. The molecule has 1 fully saturated rings. The van der Waals surface area contributed by atoms with Crippen LogP contribution in [0, 0.1) is 11.3 Å². The van der Waals surface area contributed by atoms with Gasteiger partial charge in [0.1, 0.15) is 11.5 Å². The van der Waals surface area contributed by atoms with E-state index in [0.29, 0.717) is 11.7 Å². The van der Waals surface area contributed by atoms with Gasteiger partial charge in [0.05, 0.1) is 12.0 Å². The monoisotopic (exact) mass is 277 g/mol. The van der Waals surface area contributed by atoms with Gasteiger partial charge in [0.25, 0.3) is 0 Å². The minimum absolute atomic E-state index is 0.233. The summed E-state index contributed by atoms with van der Waals surface area (Å²) >= 11 is 0. The Balaban J connectivity index is 1.84. The van der Waals surface area contributed by atoms with Crippen molar-refractivity contribution in [3.8, 4) is 11.5 Å². The van der Waals surface area contributed by atoms with Gasteiger partial charge >= 0.3 is 5.97 Å². The van der Waals surface area contributed by atoms with Crippen molar-refractivity contribution in [2.75, 3.05) is 19.7 Å². The van der Waals surface area contributed by atoms with Gasteiger partial charge in [-0.05, 0) is 58.0 Å². The number of esters is 1.